The van der Waals surface area contributed by atoms with Crippen LogP contribution in [0.5, 0.6) is 0 Å². The first-order valence-electron chi connectivity index (χ1n) is 5.01. The lowest BCUT2D eigenvalue weighted by Gasteiger charge is -2.26. The van der Waals surface area contributed by atoms with E-state index in [9.17, 15) is 4.79 Å². The molecule has 2 rings (SSSR count). The van der Waals surface area contributed by atoms with Crippen LogP contribution < -0.4 is 11.0 Å². The third-order valence-electron chi connectivity index (χ3n) is 2.44. The highest BCUT2D eigenvalue weighted by molar-refractivity contribution is 5.49. The molecule has 0 saturated carbocycles. The van der Waals surface area contributed by atoms with Crippen LogP contribution in [0.4, 0.5) is 5.82 Å². The number of aromatic amines is 1. The summed E-state index contributed by atoms with van der Waals surface area (Å²) in [6.45, 7) is 1.16. The number of anilines is 1. The molecule has 0 aliphatic rings. The summed E-state index contributed by atoms with van der Waals surface area (Å²) < 4.78 is 1.25. The normalized spacial score (nSPS) is 11.9. The minimum Gasteiger partial charge on any atom is -0.394 e. The molecular formula is C9H13N5O3. The molecule has 8 nitrogen and oxygen atoms in total. The zero-order valence-corrected chi connectivity index (χ0v) is 9.21. The molecule has 0 unspecified atom stereocenters. The zero-order chi connectivity index (χ0) is 12.5. The Morgan fingerprint density at radius 1 is 1.53 bits per heavy atom. The Bertz CT molecular complexity index is 571. The third-order valence-corrected chi connectivity index (χ3v) is 2.44. The first-order valence-corrected chi connectivity index (χ1v) is 5.01. The van der Waals surface area contributed by atoms with Gasteiger partial charge in [-0.25, -0.2) is 19.3 Å². The second kappa shape index (κ2) is 4.15. The highest BCUT2D eigenvalue weighted by Gasteiger charge is 2.22. The van der Waals surface area contributed by atoms with Gasteiger partial charge in [-0.3, -0.25) is 0 Å². The maximum atomic E-state index is 11.2. The van der Waals surface area contributed by atoms with Crippen LogP contribution in [-0.2, 0) is 0 Å². The third kappa shape index (κ3) is 2.12. The van der Waals surface area contributed by atoms with Gasteiger partial charge in [-0.05, 0) is 6.92 Å². The van der Waals surface area contributed by atoms with Crippen LogP contribution >= 0.6 is 0 Å². The SMILES string of the molecule is CC(CO)(CO)Nc1cc2n[nH]c(=O)n2cn1. The molecule has 0 spiro atoms. The molecule has 17 heavy (non-hydrogen) atoms. The van der Waals surface area contributed by atoms with Gasteiger partial charge < -0.3 is 15.5 Å². The zero-order valence-electron chi connectivity index (χ0n) is 9.21. The van der Waals surface area contributed by atoms with E-state index in [0.29, 0.717) is 11.5 Å². The molecule has 0 aromatic carbocycles. The van der Waals surface area contributed by atoms with Crippen molar-refractivity contribution in [2.24, 2.45) is 0 Å². The van der Waals surface area contributed by atoms with E-state index in [-0.39, 0.29) is 18.9 Å². The van der Waals surface area contributed by atoms with Crippen LogP contribution in [0, 0.1) is 0 Å². The summed E-state index contributed by atoms with van der Waals surface area (Å²) in [4.78, 5) is 15.2. The van der Waals surface area contributed by atoms with Gasteiger partial charge in [-0.2, -0.15) is 5.10 Å². The Balaban J connectivity index is 2.34. The van der Waals surface area contributed by atoms with Crippen molar-refractivity contribution < 1.29 is 10.2 Å². The van der Waals surface area contributed by atoms with Gasteiger partial charge in [0.1, 0.15) is 12.1 Å². The molecule has 8 heteroatoms. The fraction of sp³-hybridized carbons (Fsp3) is 0.444. The number of H-pyrrole nitrogens is 1. The fourth-order valence-electron chi connectivity index (χ4n) is 1.32. The maximum Gasteiger partial charge on any atom is 0.348 e. The predicted octanol–water partition coefficient (Wildman–Crippen LogP) is -1.43. The molecule has 0 aliphatic heterocycles. The van der Waals surface area contributed by atoms with Crippen molar-refractivity contribution in [3.63, 3.8) is 0 Å². The van der Waals surface area contributed by atoms with Gasteiger partial charge in [-0.15, -0.1) is 0 Å². The first-order chi connectivity index (χ1) is 8.08. The summed E-state index contributed by atoms with van der Waals surface area (Å²) in [7, 11) is 0. The minimum absolute atomic E-state index is 0.246. The topological polar surface area (TPSA) is 116 Å². The van der Waals surface area contributed by atoms with E-state index >= 15 is 0 Å². The molecule has 0 saturated heterocycles. The van der Waals surface area contributed by atoms with E-state index in [1.54, 1.807) is 13.0 Å². The Morgan fingerprint density at radius 2 is 2.24 bits per heavy atom. The summed E-state index contributed by atoms with van der Waals surface area (Å²) in [6, 6.07) is 1.54. The highest BCUT2D eigenvalue weighted by atomic mass is 16.3. The first kappa shape index (κ1) is 11.6. The predicted molar refractivity (Wildman–Crippen MR) is 59.8 cm³/mol. The van der Waals surface area contributed by atoms with Crippen molar-refractivity contribution in [3.8, 4) is 0 Å². The summed E-state index contributed by atoms with van der Waals surface area (Å²) in [5.41, 5.74) is -0.834. The molecule has 2 aromatic rings. The van der Waals surface area contributed by atoms with Gasteiger partial charge in [-0.1, -0.05) is 0 Å². The Kier molecular flexibility index (Phi) is 2.82. The van der Waals surface area contributed by atoms with Crippen LogP contribution in [0.15, 0.2) is 17.2 Å². The van der Waals surface area contributed by atoms with Gasteiger partial charge in [0.25, 0.3) is 0 Å². The molecule has 0 amide bonds. The van der Waals surface area contributed by atoms with Gasteiger partial charge in [0, 0.05) is 6.07 Å². The number of hydrogen-bond donors (Lipinski definition) is 4. The monoisotopic (exact) mass is 239 g/mol. The average molecular weight is 239 g/mol. The number of aliphatic hydroxyl groups is 2. The Labute approximate surface area is 95.9 Å². The molecule has 0 radical (unpaired) electrons. The molecule has 92 valence electrons. The number of aliphatic hydroxyl groups excluding tert-OH is 2. The Hall–Kier alpha value is -1.93. The molecular weight excluding hydrogens is 226 g/mol. The number of nitrogens with zero attached hydrogens (tertiary/aromatic N) is 3. The molecule has 0 fully saturated rings. The molecule has 0 atom stereocenters. The summed E-state index contributed by atoms with van der Waals surface area (Å²) >= 11 is 0. The van der Waals surface area contributed by atoms with Crippen molar-refractivity contribution in [2.75, 3.05) is 18.5 Å². The lowest BCUT2D eigenvalue weighted by Crippen LogP contribution is -2.42. The van der Waals surface area contributed by atoms with Gasteiger partial charge in [0.15, 0.2) is 5.65 Å². The minimum atomic E-state index is -0.873. The van der Waals surface area contributed by atoms with Crippen LogP contribution in [0.25, 0.3) is 5.65 Å². The molecule has 0 bridgehead atoms. The lowest BCUT2D eigenvalue weighted by molar-refractivity contribution is 0.147. The van der Waals surface area contributed by atoms with Crippen LogP contribution in [0.3, 0.4) is 0 Å². The number of rotatable bonds is 4. The van der Waals surface area contributed by atoms with E-state index in [1.165, 1.54) is 10.7 Å². The van der Waals surface area contributed by atoms with Crippen LogP contribution in [-0.4, -0.2) is 48.5 Å². The van der Waals surface area contributed by atoms with Crippen molar-refractivity contribution in [2.45, 2.75) is 12.5 Å². The van der Waals surface area contributed by atoms with Crippen molar-refractivity contribution >= 4 is 11.5 Å². The summed E-state index contributed by atoms with van der Waals surface area (Å²) in [5, 5.41) is 27.2. The number of nitrogens with one attached hydrogen (secondary N) is 2. The van der Waals surface area contributed by atoms with Crippen LogP contribution in [0.1, 0.15) is 6.92 Å². The number of aromatic nitrogens is 4. The molecule has 0 aliphatic carbocycles. The van der Waals surface area contributed by atoms with Crippen molar-refractivity contribution in [1.29, 1.82) is 0 Å². The second-order valence-corrected chi connectivity index (χ2v) is 4.03. The fourth-order valence-corrected chi connectivity index (χ4v) is 1.32. The average Bonchev–Trinajstić information content (AvgIpc) is 2.70. The quantitative estimate of drug-likeness (QED) is 0.520. The van der Waals surface area contributed by atoms with E-state index in [4.69, 9.17) is 10.2 Å². The lowest BCUT2D eigenvalue weighted by atomic mass is 10.1. The molecule has 4 N–H and O–H groups in total. The summed E-state index contributed by atoms with van der Waals surface area (Å²) in [5.74, 6) is 0.419. The van der Waals surface area contributed by atoms with E-state index in [1.807, 2.05) is 0 Å². The standard InChI is InChI=1S/C9H13N5O3/c1-9(3-15,4-16)11-6-2-7-12-13-8(17)14(7)5-10-6/h2,5,11,15-16H,3-4H2,1H3,(H,13,17). The number of fused-ring (bicyclic) bond motifs is 1. The second-order valence-electron chi connectivity index (χ2n) is 4.03. The summed E-state index contributed by atoms with van der Waals surface area (Å²) in [6.07, 6.45) is 1.32. The van der Waals surface area contributed by atoms with Gasteiger partial charge in [0.05, 0.1) is 18.8 Å². The van der Waals surface area contributed by atoms with E-state index in [0.717, 1.165) is 0 Å². The van der Waals surface area contributed by atoms with E-state index in [2.05, 4.69) is 20.5 Å². The van der Waals surface area contributed by atoms with Gasteiger partial charge >= 0.3 is 5.69 Å². The van der Waals surface area contributed by atoms with Crippen molar-refractivity contribution in [3.05, 3.63) is 22.9 Å². The van der Waals surface area contributed by atoms with Crippen molar-refractivity contribution in [1.82, 2.24) is 19.6 Å². The Morgan fingerprint density at radius 3 is 2.88 bits per heavy atom. The van der Waals surface area contributed by atoms with E-state index < -0.39 is 5.54 Å². The van der Waals surface area contributed by atoms with Crippen LogP contribution in [0.2, 0.25) is 0 Å². The highest BCUT2D eigenvalue weighted by Crippen LogP contribution is 2.12. The molecule has 2 aromatic heterocycles. The number of hydrogen-bond acceptors (Lipinski definition) is 6. The maximum absolute atomic E-state index is 11.2. The smallest absolute Gasteiger partial charge is 0.348 e. The molecule has 2 heterocycles. The largest absolute Gasteiger partial charge is 0.394 e. The van der Waals surface area contributed by atoms with Gasteiger partial charge in [0.2, 0.25) is 0 Å².